The van der Waals surface area contributed by atoms with Gasteiger partial charge in [0.15, 0.2) is 6.33 Å². The zero-order valence-corrected chi connectivity index (χ0v) is 13.5. The van der Waals surface area contributed by atoms with E-state index in [1.54, 1.807) is 12.1 Å². The van der Waals surface area contributed by atoms with Crippen molar-refractivity contribution < 1.29 is 12.9 Å². The van der Waals surface area contributed by atoms with E-state index >= 15 is 0 Å². The van der Waals surface area contributed by atoms with Crippen LogP contribution in [0.5, 0.6) is 0 Å². The van der Waals surface area contributed by atoms with Gasteiger partial charge in [-0.25, -0.2) is 13.1 Å². The summed E-state index contributed by atoms with van der Waals surface area (Å²) in [6, 6.07) is 4.94. The second-order valence-electron chi connectivity index (χ2n) is 3.56. The van der Waals surface area contributed by atoms with Gasteiger partial charge in [0.1, 0.15) is 0 Å². The van der Waals surface area contributed by atoms with Gasteiger partial charge in [-0.15, -0.1) is 0 Å². The Morgan fingerprint density at radius 1 is 1.32 bits per heavy atom. The highest BCUT2D eigenvalue weighted by atomic mass is 79.9. The molecule has 1 N–H and O–H groups in total. The molecule has 0 aliphatic rings. The van der Waals surface area contributed by atoms with E-state index in [0.29, 0.717) is 21.3 Å². The molecule has 0 spiro atoms. The standard InChI is InChI=1S/C10H9Br2N3O3S/c11-7-1-2-8(12)9(5-7)19(16,17)15-4-3-10-13-6-14-18-10/h1-2,5-6,15H,3-4H2. The summed E-state index contributed by atoms with van der Waals surface area (Å²) >= 11 is 6.46. The molecule has 0 atom stereocenters. The summed E-state index contributed by atoms with van der Waals surface area (Å²) in [6.07, 6.45) is 1.61. The first-order chi connectivity index (χ1) is 8.99. The van der Waals surface area contributed by atoms with Crippen molar-refractivity contribution in [2.75, 3.05) is 6.54 Å². The Hall–Kier alpha value is -0.770. The second kappa shape index (κ2) is 6.12. The van der Waals surface area contributed by atoms with Crippen LogP contribution in [0, 0.1) is 0 Å². The summed E-state index contributed by atoms with van der Waals surface area (Å²) in [5.74, 6) is 0.385. The number of halogens is 2. The van der Waals surface area contributed by atoms with Crippen LogP contribution in [-0.4, -0.2) is 25.1 Å². The highest BCUT2D eigenvalue weighted by molar-refractivity contribution is 9.11. The third-order valence-electron chi connectivity index (χ3n) is 2.22. The quantitative estimate of drug-likeness (QED) is 0.815. The zero-order chi connectivity index (χ0) is 13.9. The fourth-order valence-electron chi connectivity index (χ4n) is 1.36. The molecule has 0 bridgehead atoms. The van der Waals surface area contributed by atoms with E-state index in [0.717, 1.165) is 0 Å². The average molecular weight is 411 g/mol. The van der Waals surface area contributed by atoms with Crippen molar-refractivity contribution in [3.63, 3.8) is 0 Å². The van der Waals surface area contributed by atoms with Crippen LogP contribution in [0.25, 0.3) is 0 Å². The molecule has 9 heteroatoms. The molecule has 1 aromatic carbocycles. The Balaban J connectivity index is 2.07. The monoisotopic (exact) mass is 409 g/mol. The van der Waals surface area contributed by atoms with Crippen LogP contribution in [0.1, 0.15) is 5.89 Å². The maximum absolute atomic E-state index is 12.1. The lowest BCUT2D eigenvalue weighted by atomic mass is 10.4. The van der Waals surface area contributed by atoms with Gasteiger partial charge in [-0.3, -0.25) is 0 Å². The Bertz CT molecular complexity index is 659. The van der Waals surface area contributed by atoms with Gasteiger partial charge in [-0.05, 0) is 34.1 Å². The van der Waals surface area contributed by atoms with Gasteiger partial charge in [0, 0.05) is 21.9 Å². The second-order valence-corrected chi connectivity index (χ2v) is 7.06. The first-order valence-electron chi connectivity index (χ1n) is 5.19. The molecule has 102 valence electrons. The maximum atomic E-state index is 12.1. The van der Waals surface area contributed by atoms with Gasteiger partial charge in [-0.2, -0.15) is 4.98 Å². The minimum absolute atomic E-state index is 0.174. The largest absolute Gasteiger partial charge is 0.340 e. The molecule has 19 heavy (non-hydrogen) atoms. The number of aromatic nitrogens is 2. The van der Waals surface area contributed by atoms with Crippen molar-refractivity contribution in [1.82, 2.24) is 14.9 Å². The van der Waals surface area contributed by atoms with Crippen LogP contribution < -0.4 is 4.72 Å². The molecule has 0 unspecified atom stereocenters. The Morgan fingerprint density at radius 2 is 2.11 bits per heavy atom. The van der Waals surface area contributed by atoms with Crippen molar-refractivity contribution in [2.24, 2.45) is 0 Å². The minimum atomic E-state index is -3.58. The third kappa shape index (κ3) is 3.85. The van der Waals surface area contributed by atoms with Gasteiger partial charge in [-0.1, -0.05) is 21.1 Å². The van der Waals surface area contributed by atoms with E-state index in [1.807, 2.05) is 0 Å². The number of sulfonamides is 1. The van der Waals surface area contributed by atoms with Gasteiger partial charge >= 0.3 is 0 Å². The highest BCUT2D eigenvalue weighted by Gasteiger charge is 2.17. The molecule has 2 aromatic rings. The summed E-state index contributed by atoms with van der Waals surface area (Å²) in [4.78, 5) is 3.98. The highest BCUT2D eigenvalue weighted by Crippen LogP contribution is 2.25. The smallest absolute Gasteiger partial charge is 0.241 e. The normalized spacial score (nSPS) is 11.7. The Kier molecular flexibility index (Phi) is 4.71. The van der Waals surface area contributed by atoms with Gasteiger partial charge in [0.05, 0.1) is 4.90 Å². The average Bonchev–Trinajstić information content (AvgIpc) is 2.85. The lowest BCUT2D eigenvalue weighted by Gasteiger charge is -2.08. The summed E-state index contributed by atoms with van der Waals surface area (Å²) in [6.45, 7) is 0.184. The number of hydrogen-bond acceptors (Lipinski definition) is 5. The summed E-state index contributed by atoms with van der Waals surface area (Å²) < 4.78 is 32.7. The van der Waals surface area contributed by atoms with Crippen LogP contribution >= 0.6 is 31.9 Å². The van der Waals surface area contributed by atoms with Crippen LogP contribution in [-0.2, 0) is 16.4 Å². The molecule has 1 aromatic heterocycles. The maximum Gasteiger partial charge on any atom is 0.241 e. The van der Waals surface area contributed by atoms with Crippen molar-refractivity contribution in [2.45, 2.75) is 11.3 Å². The lowest BCUT2D eigenvalue weighted by Crippen LogP contribution is -2.26. The molecule has 1 heterocycles. The number of hydrogen-bond donors (Lipinski definition) is 1. The van der Waals surface area contributed by atoms with Crippen LogP contribution in [0.2, 0.25) is 0 Å². The summed E-state index contributed by atoms with van der Waals surface area (Å²) in [5.41, 5.74) is 0. The molecule has 0 fully saturated rings. The fraction of sp³-hybridized carbons (Fsp3) is 0.200. The molecule has 6 nitrogen and oxygen atoms in total. The van der Waals surface area contributed by atoms with Crippen LogP contribution in [0.15, 0.2) is 42.9 Å². The zero-order valence-electron chi connectivity index (χ0n) is 9.51. The predicted molar refractivity (Wildman–Crippen MR) is 75.0 cm³/mol. The van der Waals surface area contributed by atoms with Crippen LogP contribution in [0.4, 0.5) is 0 Å². The number of nitrogens with zero attached hydrogens (tertiary/aromatic N) is 2. The molecule has 0 saturated heterocycles. The summed E-state index contributed by atoms with van der Waals surface area (Å²) in [5, 5.41) is 3.44. The van der Waals surface area contributed by atoms with E-state index in [9.17, 15) is 8.42 Å². The molecule has 0 amide bonds. The number of rotatable bonds is 5. The molecule has 2 rings (SSSR count). The van der Waals surface area contributed by atoms with Crippen molar-refractivity contribution in [3.05, 3.63) is 39.4 Å². The van der Waals surface area contributed by atoms with Gasteiger partial charge in [0.25, 0.3) is 0 Å². The van der Waals surface area contributed by atoms with Crippen molar-refractivity contribution >= 4 is 41.9 Å². The predicted octanol–water partition coefficient (Wildman–Crippen LogP) is 2.12. The Labute approximate surface area is 126 Å². The number of benzene rings is 1. The minimum Gasteiger partial charge on any atom is -0.340 e. The van der Waals surface area contributed by atoms with E-state index in [-0.39, 0.29) is 11.4 Å². The topological polar surface area (TPSA) is 85.1 Å². The van der Waals surface area contributed by atoms with Gasteiger partial charge in [0.2, 0.25) is 15.9 Å². The van der Waals surface area contributed by atoms with E-state index in [1.165, 1.54) is 12.4 Å². The molecular weight excluding hydrogens is 402 g/mol. The summed E-state index contributed by atoms with van der Waals surface area (Å²) in [7, 11) is -3.58. The molecule has 0 saturated carbocycles. The molecule has 0 radical (unpaired) electrons. The van der Waals surface area contributed by atoms with Crippen molar-refractivity contribution in [3.8, 4) is 0 Å². The van der Waals surface area contributed by atoms with Crippen LogP contribution in [0.3, 0.4) is 0 Å². The molecular formula is C10H9Br2N3O3S. The Morgan fingerprint density at radius 3 is 2.79 bits per heavy atom. The van der Waals surface area contributed by atoms with Crippen molar-refractivity contribution in [1.29, 1.82) is 0 Å². The van der Waals surface area contributed by atoms with E-state index < -0.39 is 10.0 Å². The molecule has 0 aliphatic carbocycles. The third-order valence-corrected chi connectivity index (χ3v) is 5.17. The first-order valence-corrected chi connectivity index (χ1v) is 8.26. The van der Waals surface area contributed by atoms with E-state index in [4.69, 9.17) is 4.52 Å². The first kappa shape index (κ1) is 14.6. The SMILES string of the molecule is O=S(=O)(NCCc1ncno1)c1cc(Br)ccc1Br. The van der Waals surface area contributed by atoms with E-state index in [2.05, 4.69) is 46.7 Å². The number of nitrogens with one attached hydrogen (secondary N) is 1. The molecule has 0 aliphatic heterocycles. The fourth-order valence-corrected chi connectivity index (χ4v) is 3.89. The lowest BCUT2D eigenvalue weighted by molar-refractivity contribution is 0.377. The van der Waals surface area contributed by atoms with Gasteiger partial charge < -0.3 is 4.52 Å².